The molecule has 1 spiro atoms. The smallest absolute Gasteiger partial charge is 0.273 e. The van der Waals surface area contributed by atoms with Crippen LogP contribution in [0.3, 0.4) is 0 Å². The van der Waals surface area contributed by atoms with Crippen LogP contribution < -0.4 is 10.2 Å². The first-order chi connectivity index (χ1) is 10.6. The Morgan fingerprint density at radius 3 is 2.77 bits per heavy atom. The van der Waals surface area contributed by atoms with Gasteiger partial charge >= 0.3 is 0 Å². The number of rotatable bonds is 2. The fourth-order valence-electron chi connectivity index (χ4n) is 3.01. The van der Waals surface area contributed by atoms with Gasteiger partial charge in [-0.1, -0.05) is 0 Å². The summed E-state index contributed by atoms with van der Waals surface area (Å²) in [6.45, 7) is 4.38. The van der Waals surface area contributed by atoms with E-state index in [2.05, 4.69) is 20.2 Å². The average molecular weight is 305 g/mol. The molecule has 2 fully saturated rings. The second-order valence-corrected chi connectivity index (χ2v) is 6.16. The second-order valence-electron chi connectivity index (χ2n) is 6.16. The second kappa shape index (κ2) is 6.18. The number of carbonyl (C=O) groups excluding carboxylic acids is 1. The van der Waals surface area contributed by atoms with Crippen LogP contribution in [0.1, 0.15) is 23.3 Å². The first kappa shape index (κ1) is 15.2. The Bertz CT molecular complexity index is 532. The first-order valence-corrected chi connectivity index (χ1v) is 7.73. The highest BCUT2D eigenvalue weighted by Gasteiger charge is 2.37. The highest BCUT2D eigenvalue weighted by atomic mass is 16.5. The summed E-state index contributed by atoms with van der Waals surface area (Å²) in [4.78, 5) is 24.3. The highest BCUT2D eigenvalue weighted by Crippen LogP contribution is 2.29. The highest BCUT2D eigenvalue weighted by molar-refractivity contribution is 5.91. The van der Waals surface area contributed by atoms with Crippen molar-refractivity contribution in [1.29, 1.82) is 0 Å². The molecule has 1 N–H and O–H groups in total. The zero-order valence-electron chi connectivity index (χ0n) is 13.2. The molecule has 7 nitrogen and oxygen atoms in total. The Labute approximate surface area is 130 Å². The lowest BCUT2D eigenvalue weighted by Crippen LogP contribution is -2.55. The zero-order valence-corrected chi connectivity index (χ0v) is 13.2. The number of morpholine rings is 1. The number of ether oxygens (including phenoxy) is 1. The van der Waals surface area contributed by atoms with Crippen LogP contribution in [0.15, 0.2) is 12.4 Å². The maximum atomic E-state index is 12.0. The van der Waals surface area contributed by atoms with Crippen LogP contribution in [0.4, 0.5) is 5.82 Å². The van der Waals surface area contributed by atoms with Gasteiger partial charge in [0.15, 0.2) is 0 Å². The van der Waals surface area contributed by atoms with Crippen molar-refractivity contribution in [3.63, 3.8) is 0 Å². The monoisotopic (exact) mass is 305 g/mol. The van der Waals surface area contributed by atoms with Crippen molar-refractivity contribution in [1.82, 2.24) is 20.2 Å². The van der Waals surface area contributed by atoms with E-state index in [1.54, 1.807) is 20.3 Å². The van der Waals surface area contributed by atoms with Crippen molar-refractivity contribution < 1.29 is 9.53 Å². The molecule has 3 heterocycles. The molecule has 2 saturated heterocycles. The predicted octanol–water partition coefficient (Wildman–Crippen LogP) is 0.137. The Balaban J connectivity index is 1.68. The van der Waals surface area contributed by atoms with Gasteiger partial charge in [-0.15, -0.1) is 0 Å². The van der Waals surface area contributed by atoms with Gasteiger partial charge in [-0.25, -0.2) is 4.98 Å². The van der Waals surface area contributed by atoms with E-state index in [1.165, 1.54) is 11.1 Å². The Morgan fingerprint density at radius 2 is 2.14 bits per heavy atom. The summed E-state index contributed by atoms with van der Waals surface area (Å²) in [6, 6.07) is 0. The Kier molecular flexibility index (Phi) is 4.26. The van der Waals surface area contributed by atoms with Crippen molar-refractivity contribution >= 4 is 11.7 Å². The number of nitrogens with zero attached hydrogens (tertiary/aromatic N) is 4. The van der Waals surface area contributed by atoms with Gasteiger partial charge in [0.2, 0.25) is 0 Å². The van der Waals surface area contributed by atoms with E-state index < -0.39 is 0 Å². The molecule has 0 unspecified atom stereocenters. The van der Waals surface area contributed by atoms with Crippen LogP contribution in [-0.4, -0.2) is 73.3 Å². The van der Waals surface area contributed by atoms with Crippen LogP contribution in [-0.2, 0) is 4.74 Å². The third-order valence-electron chi connectivity index (χ3n) is 4.38. The summed E-state index contributed by atoms with van der Waals surface area (Å²) in [6.07, 6.45) is 5.18. The van der Waals surface area contributed by atoms with Gasteiger partial charge in [0.1, 0.15) is 11.5 Å². The van der Waals surface area contributed by atoms with Gasteiger partial charge in [0, 0.05) is 40.3 Å². The van der Waals surface area contributed by atoms with Gasteiger partial charge in [0.05, 0.1) is 24.6 Å². The summed E-state index contributed by atoms with van der Waals surface area (Å²) in [5.74, 6) is 0.647. The number of carbonyl (C=O) groups is 1. The van der Waals surface area contributed by atoms with Crippen LogP contribution in [0.5, 0.6) is 0 Å². The van der Waals surface area contributed by atoms with E-state index in [4.69, 9.17) is 4.74 Å². The lowest BCUT2D eigenvalue weighted by atomic mass is 9.90. The molecule has 0 aromatic carbocycles. The first-order valence-electron chi connectivity index (χ1n) is 7.73. The van der Waals surface area contributed by atoms with E-state index in [9.17, 15) is 4.79 Å². The summed E-state index contributed by atoms with van der Waals surface area (Å²) in [5.41, 5.74) is 0.359. The van der Waals surface area contributed by atoms with E-state index in [1.807, 2.05) is 0 Å². The summed E-state index contributed by atoms with van der Waals surface area (Å²) >= 11 is 0. The third-order valence-corrected chi connectivity index (χ3v) is 4.38. The summed E-state index contributed by atoms with van der Waals surface area (Å²) < 4.78 is 6.00. The molecule has 0 saturated carbocycles. The zero-order chi connectivity index (χ0) is 15.6. The van der Waals surface area contributed by atoms with Crippen molar-refractivity contribution in [2.75, 3.05) is 51.8 Å². The lowest BCUT2D eigenvalue weighted by Gasteiger charge is -2.44. The van der Waals surface area contributed by atoms with E-state index in [0.29, 0.717) is 5.69 Å². The van der Waals surface area contributed by atoms with Gasteiger partial charge in [-0.3, -0.25) is 9.78 Å². The maximum absolute atomic E-state index is 12.0. The summed E-state index contributed by atoms with van der Waals surface area (Å²) in [5, 5.41) is 3.41. The van der Waals surface area contributed by atoms with Crippen molar-refractivity contribution in [2.24, 2.45) is 0 Å². The number of piperidine rings is 1. The molecule has 0 radical (unpaired) electrons. The topological polar surface area (TPSA) is 70.6 Å². The molecule has 0 aliphatic carbocycles. The SMILES string of the molecule is CN(C)C(=O)c1cncc(N2CCC3(CC2)CNCCO3)n1. The molecular formula is C15H23N5O2. The van der Waals surface area contributed by atoms with E-state index in [0.717, 1.165) is 51.4 Å². The van der Waals surface area contributed by atoms with Crippen LogP contribution in [0.25, 0.3) is 0 Å². The van der Waals surface area contributed by atoms with E-state index in [-0.39, 0.29) is 11.5 Å². The number of nitrogens with one attached hydrogen (secondary N) is 1. The largest absolute Gasteiger partial charge is 0.372 e. The molecule has 0 atom stereocenters. The molecule has 22 heavy (non-hydrogen) atoms. The van der Waals surface area contributed by atoms with Gasteiger partial charge in [-0.05, 0) is 12.8 Å². The van der Waals surface area contributed by atoms with Crippen LogP contribution in [0, 0.1) is 0 Å². The molecule has 1 amide bonds. The molecule has 7 heteroatoms. The minimum atomic E-state index is -0.123. The minimum Gasteiger partial charge on any atom is -0.372 e. The number of aromatic nitrogens is 2. The Morgan fingerprint density at radius 1 is 1.36 bits per heavy atom. The van der Waals surface area contributed by atoms with Crippen molar-refractivity contribution in [3.8, 4) is 0 Å². The minimum absolute atomic E-state index is 0.0285. The van der Waals surface area contributed by atoms with Crippen molar-refractivity contribution in [2.45, 2.75) is 18.4 Å². The fraction of sp³-hybridized carbons (Fsp3) is 0.667. The molecule has 2 aliphatic rings. The standard InChI is InChI=1S/C15H23N5O2/c1-19(2)14(21)12-9-17-10-13(18-12)20-6-3-15(4-7-20)11-16-5-8-22-15/h9-10,16H,3-8,11H2,1-2H3. The predicted molar refractivity (Wildman–Crippen MR) is 83.0 cm³/mol. The number of hydrogen-bond acceptors (Lipinski definition) is 6. The van der Waals surface area contributed by atoms with Crippen molar-refractivity contribution in [3.05, 3.63) is 18.1 Å². The molecule has 1 aromatic rings. The van der Waals surface area contributed by atoms with Gasteiger partial charge in [0.25, 0.3) is 5.91 Å². The molecule has 120 valence electrons. The number of anilines is 1. The molecular weight excluding hydrogens is 282 g/mol. The Hall–Kier alpha value is -1.73. The summed E-state index contributed by atoms with van der Waals surface area (Å²) in [7, 11) is 3.43. The maximum Gasteiger partial charge on any atom is 0.273 e. The van der Waals surface area contributed by atoms with E-state index >= 15 is 0 Å². The third kappa shape index (κ3) is 3.05. The normalized spacial score (nSPS) is 20.9. The quantitative estimate of drug-likeness (QED) is 0.838. The molecule has 1 aromatic heterocycles. The van der Waals surface area contributed by atoms with Gasteiger partial charge < -0.3 is 19.9 Å². The molecule has 0 bridgehead atoms. The molecule has 3 rings (SSSR count). The van der Waals surface area contributed by atoms with Crippen LogP contribution in [0.2, 0.25) is 0 Å². The number of hydrogen-bond donors (Lipinski definition) is 1. The lowest BCUT2D eigenvalue weighted by molar-refractivity contribution is -0.0800. The van der Waals surface area contributed by atoms with Gasteiger partial charge in [-0.2, -0.15) is 0 Å². The average Bonchev–Trinajstić information content (AvgIpc) is 2.55. The number of amides is 1. The fourth-order valence-corrected chi connectivity index (χ4v) is 3.01. The van der Waals surface area contributed by atoms with Crippen LogP contribution >= 0.6 is 0 Å². The molecule has 2 aliphatic heterocycles.